The summed E-state index contributed by atoms with van der Waals surface area (Å²) >= 11 is 0. The first-order valence-corrected chi connectivity index (χ1v) is 20.2. The highest BCUT2D eigenvalue weighted by molar-refractivity contribution is 6.19. The second-order valence-corrected chi connectivity index (χ2v) is 14.8. The van der Waals surface area contributed by atoms with Crippen LogP contribution in [0.25, 0.3) is 67.2 Å². The van der Waals surface area contributed by atoms with E-state index in [9.17, 15) is 0 Å². The third-order valence-electron chi connectivity index (χ3n) is 11.2. The van der Waals surface area contributed by atoms with E-state index in [2.05, 4.69) is 198 Å². The molecular weight excluding hydrogens is 731 g/mol. The van der Waals surface area contributed by atoms with E-state index in [0.29, 0.717) is 17.5 Å². The second-order valence-electron chi connectivity index (χ2n) is 14.8. The Morgan fingerprint density at radius 2 is 0.817 bits per heavy atom. The molecule has 1 aromatic heterocycles. The Bertz CT molecular complexity index is 3020. The molecule has 0 aliphatic carbocycles. The van der Waals surface area contributed by atoms with Crippen molar-refractivity contribution in [1.82, 2.24) is 15.0 Å². The molecule has 5 nitrogen and oxygen atoms in total. The Kier molecular flexibility index (Phi) is 8.75. The lowest BCUT2D eigenvalue weighted by molar-refractivity contribution is 1.08. The molecule has 10 aromatic rings. The van der Waals surface area contributed by atoms with Gasteiger partial charge in [-0.2, -0.15) is 0 Å². The first kappa shape index (κ1) is 35.0. The van der Waals surface area contributed by atoms with Crippen LogP contribution in [0.1, 0.15) is 0 Å². The lowest BCUT2D eigenvalue weighted by Crippen LogP contribution is -2.16. The van der Waals surface area contributed by atoms with Crippen LogP contribution in [0.3, 0.4) is 0 Å². The van der Waals surface area contributed by atoms with Crippen LogP contribution in [-0.2, 0) is 0 Å². The minimum absolute atomic E-state index is 0.633. The number of nitrogens with zero attached hydrogens (tertiary/aromatic N) is 5. The Morgan fingerprint density at radius 3 is 1.42 bits per heavy atom. The molecule has 282 valence electrons. The highest BCUT2D eigenvalue weighted by Crippen LogP contribution is 2.55. The Morgan fingerprint density at radius 1 is 0.317 bits per heavy atom. The van der Waals surface area contributed by atoms with E-state index in [1.807, 2.05) is 36.4 Å². The molecule has 1 aliphatic heterocycles. The lowest BCUT2D eigenvalue weighted by Gasteiger charge is -2.35. The zero-order valence-corrected chi connectivity index (χ0v) is 32.6. The molecule has 0 saturated heterocycles. The number of para-hydroxylation sites is 3. The van der Waals surface area contributed by atoms with Gasteiger partial charge in [0.1, 0.15) is 0 Å². The predicted molar refractivity (Wildman–Crippen MR) is 247 cm³/mol. The number of fused-ring (bicyclic) bond motifs is 2. The van der Waals surface area contributed by atoms with Gasteiger partial charge in [0.15, 0.2) is 17.5 Å². The van der Waals surface area contributed by atoms with E-state index < -0.39 is 0 Å². The average molecular weight is 768 g/mol. The molecule has 0 saturated carbocycles. The van der Waals surface area contributed by atoms with Crippen molar-refractivity contribution in [2.45, 2.75) is 0 Å². The molecule has 5 heteroatoms. The molecule has 0 N–H and O–H groups in total. The van der Waals surface area contributed by atoms with Gasteiger partial charge >= 0.3 is 0 Å². The van der Waals surface area contributed by atoms with Crippen molar-refractivity contribution >= 4 is 44.9 Å². The molecule has 1 aliphatic rings. The van der Waals surface area contributed by atoms with Gasteiger partial charge in [0.25, 0.3) is 0 Å². The summed E-state index contributed by atoms with van der Waals surface area (Å²) in [6.45, 7) is 0. The average Bonchev–Trinajstić information content (AvgIpc) is 3.33. The van der Waals surface area contributed by atoms with Crippen LogP contribution in [0.2, 0.25) is 0 Å². The summed E-state index contributed by atoms with van der Waals surface area (Å²) in [4.78, 5) is 20.0. The molecule has 0 radical (unpaired) electrons. The largest absolute Gasteiger partial charge is 0.311 e. The molecule has 0 bridgehead atoms. The smallest absolute Gasteiger partial charge is 0.164 e. The topological polar surface area (TPSA) is 45.2 Å². The van der Waals surface area contributed by atoms with Gasteiger partial charge in [-0.3, -0.25) is 0 Å². The number of benzene rings is 9. The van der Waals surface area contributed by atoms with Crippen molar-refractivity contribution in [3.63, 3.8) is 0 Å². The number of anilines is 6. The highest BCUT2D eigenvalue weighted by atomic mass is 15.2. The predicted octanol–water partition coefficient (Wildman–Crippen LogP) is 14.6. The molecule has 0 spiro atoms. The molecule has 9 aromatic carbocycles. The maximum Gasteiger partial charge on any atom is 0.164 e. The summed E-state index contributed by atoms with van der Waals surface area (Å²) < 4.78 is 0. The molecule has 11 rings (SSSR count). The number of hydrogen-bond donors (Lipinski definition) is 0. The van der Waals surface area contributed by atoms with E-state index in [0.717, 1.165) is 72.7 Å². The fraction of sp³-hybridized carbons (Fsp3) is 0. The van der Waals surface area contributed by atoms with Crippen molar-refractivity contribution < 1.29 is 0 Å². The SMILES string of the molecule is c1ccc(-c2nc(-c3ccccc3)nc(-c3ccc4c5c(cccc35)-c3c(-c5ccc(N(c6ccccc6)c6ccccc6)cc5)cccc3N4c3ccccc3)n2)cc1. The van der Waals surface area contributed by atoms with Gasteiger partial charge < -0.3 is 9.80 Å². The Balaban J connectivity index is 1.11. The fourth-order valence-electron chi connectivity index (χ4n) is 8.53. The third-order valence-corrected chi connectivity index (χ3v) is 11.2. The molecule has 2 heterocycles. The van der Waals surface area contributed by atoms with Crippen molar-refractivity contribution in [3.05, 3.63) is 224 Å². The van der Waals surface area contributed by atoms with Gasteiger partial charge in [-0.1, -0.05) is 158 Å². The van der Waals surface area contributed by atoms with E-state index in [1.54, 1.807) is 0 Å². The monoisotopic (exact) mass is 767 g/mol. The molecule has 0 amide bonds. The molecule has 0 atom stereocenters. The van der Waals surface area contributed by atoms with Crippen molar-refractivity contribution in [1.29, 1.82) is 0 Å². The maximum absolute atomic E-state index is 5.17. The van der Waals surface area contributed by atoms with Crippen LogP contribution in [0, 0.1) is 0 Å². The summed E-state index contributed by atoms with van der Waals surface area (Å²) in [5.41, 5.74) is 14.1. The van der Waals surface area contributed by atoms with Crippen LogP contribution >= 0.6 is 0 Å². The zero-order valence-electron chi connectivity index (χ0n) is 32.6. The van der Waals surface area contributed by atoms with E-state index in [1.165, 1.54) is 11.1 Å². The zero-order chi connectivity index (χ0) is 39.8. The summed E-state index contributed by atoms with van der Waals surface area (Å²) in [7, 11) is 0. The highest BCUT2D eigenvalue weighted by Gasteiger charge is 2.30. The normalized spacial score (nSPS) is 11.6. The first-order chi connectivity index (χ1) is 29.8. The van der Waals surface area contributed by atoms with Crippen LogP contribution in [0.4, 0.5) is 34.1 Å². The van der Waals surface area contributed by atoms with Gasteiger partial charge in [0, 0.05) is 50.4 Å². The van der Waals surface area contributed by atoms with Gasteiger partial charge in [0.2, 0.25) is 0 Å². The third kappa shape index (κ3) is 6.17. The van der Waals surface area contributed by atoms with E-state index in [4.69, 9.17) is 15.0 Å². The van der Waals surface area contributed by atoms with Crippen molar-refractivity contribution in [2.24, 2.45) is 0 Å². The minimum atomic E-state index is 0.633. The lowest BCUT2D eigenvalue weighted by atomic mass is 9.85. The summed E-state index contributed by atoms with van der Waals surface area (Å²) in [6.07, 6.45) is 0. The molecular formula is C55H37N5. The molecule has 0 fully saturated rings. The van der Waals surface area contributed by atoms with Gasteiger partial charge in [-0.05, 0) is 88.8 Å². The van der Waals surface area contributed by atoms with Crippen LogP contribution < -0.4 is 9.80 Å². The van der Waals surface area contributed by atoms with E-state index in [-0.39, 0.29) is 0 Å². The van der Waals surface area contributed by atoms with Crippen molar-refractivity contribution in [3.8, 4) is 56.4 Å². The summed E-state index contributed by atoms with van der Waals surface area (Å²) in [6, 6.07) is 78.7. The Hall–Kier alpha value is -8.15. The van der Waals surface area contributed by atoms with Gasteiger partial charge in [0.05, 0.1) is 11.4 Å². The summed E-state index contributed by atoms with van der Waals surface area (Å²) in [5.74, 6) is 1.91. The van der Waals surface area contributed by atoms with Crippen LogP contribution in [0.5, 0.6) is 0 Å². The van der Waals surface area contributed by atoms with Crippen LogP contribution in [0.15, 0.2) is 224 Å². The maximum atomic E-state index is 5.17. The fourth-order valence-corrected chi connectivity index (χ4v) is 8.53. The van der Waals surface area contributed by atoms with Gasteiger partial charge in [-0.15, -0.1) is 0 Å². The van der Waals surface area contributed by atoms with Gasteiger partial charge in [-0.25, -0.2) is 15.0 Å². The Labute approximate surface area is 349 Å². The number of rotatable bonds is 8. The molecule has 60 heavy (non-hydrogen) atoms. The number of hydrogen-bond acceptors (Lipinski definition) is 5. The van der Waals surface area contributed by atoms with Crippen molar-refractivity contribution in [2.75, 3.05) is 9.80 Å². The number of aromatic nitrogens is 3. The first-order valence-electron chi connectivity index (χ1n) is 20.2. The quantitative estimate of drug-likeness (QED) is 0.154. The molecule has 0 unspecified atom stereocenters. The minimum Gasteiger partial charge on any atom is -0.311 e. The second kappa shape index (κ2) is 15.0. The van der Waals surface area contributed by atoms with Crippen LogP contribution in [-0.4, -0.2) is 15.0 Å². The summed E-state index contributed by atoms with van der Waals surface area (Å²) in [5, 5.41) is 2.23. The van der Waals surface area contributed by atoms with E-state index >= 15 is 0 Å². The standard InChI is InChI=1S/C55H37N5/c1-6-18-39(19-7-1)53-56-54(40-20-8-2-9-21-40)58-55(57-53)47-36-37-50-52-46(47)29-16-30-48(52)51-45(28-17-31-49(51)60(50)43-26-14-5-15-27-43)38-32-34-44(35-33-38)59(41-22-10-3-11-23-41)42-24-12-4-13-25-42/h1-37H.